The Bertz CT molecular complexity index is 323. The lowest BCUT2D eigenvalue weighted by Crippen LogP contribution is -2.06. The second-order valence-electron chi connectivity index (χ2n) is 2.36. The minimum Gasteiger partial charge on any atom is -0.507 e. The number of ether oxygens (including phenoxy) is 1. The lowest BCUT2D eigenvalue weighted by molar-refractivity contribution is 0.0524. The van der Waals surface area contributed by atoms with Gasteiger partial charge in [-0.15, -0.1) is 0 Å². The maximum atomic E-state index is 11.3. The van der Waals surface area contributed by atoms with Gasteiger partial charge < -0.3 is 9.84 Å². The van der Waals surface area contributed by atoms with Crippen LogP contribution in [0.5, 0.6) is 5.75 Å². The van der Waals surface area contributed by atoms with Crippen LogP contribution < -0.4 is 0 Å². The van der Waals surface area contributed by atoms with Crippen LogP contribution in [-0.4, -0.2) is 17.7 Å². The SMILES string of the molecule is CCOC(=O)c1cccc(O)c1I. The van der Waals surface area contributed by atoms with Gasteiger partial charge in [-0.2, -0.15) is 0 Å². The first-order valence-corrected chi connectivity index (χ1v) is 4.89. The lowest BCUT2D eigenvalue weighted by atomic mass is 10.2. The fourth-order valence-electron chi connectivity index (χ4n) is 0.886. The maximum absolute atomic E-state index is 11.3. The molecular weight excluding hydrogens is 283 g/mol. The highest BCUT2D eigenvalue weighted by atomic mass is 127. The number of hydrogen-bond acceptors (Lipinski definition) is 3. The Hall–Kier alpha value is -0.780. The van der Waals surface area contributed by atoms with Crippen LogP contribution in [-0.2, 0) is 4.74 Å². The minimum atomic E-state index is -0.400. The molecule has 0 bridgehead atoms. The topological polar surface area (TPSA) is 46.5 Å². The fraction of sp³-hybridized carbons (Fsp3) is 0.222. The molecule has 1 N–H and O–H groups in total. The summed E-state index contributed by atoms with van der Waals surface area (Å²) < 4.78 is 5.34. The Morgan fingerprint density at radius 2 is 2.31 bits per heavy atom. The van der Waals surface area contributed by atoms with E-state index in [0.717, 1.165) is 0 Å². The van der Waals surface area contributed by atoms with Crippen LogP contribution in [0.3, 0.4) is 0 Å². The first-order valence-electron chi connectivity index (χ1n) is 3.81. The molecule has 4 heteroatoms. The van der Waals surface area contributed by atoms with E-state index in [4.69, 9.17) is 4.74 Å². The molecule has 1 aromatic carbocycles. The highest BCUT2D eigenvalue weighted by Crippen LogP contribution is 2.23. The quantitative estimate of drug-likeness (QED) is 0.671. The molecule has 1 rings (SSSR count). The van der Waals surface area contributed by atoms with Gasteiger partial charge in [-0.1, -0.05) is 6.07 Å². The van der Waals surface area contributed by atoms with Gasteiger partial charge in [-0.25, -0.2) is 4.79 Å². The minimum absolute atomic E-state index is 0.103. The number of halogens is 1. The number of aromatic hydroxyl groups is 1. The van der Waals surface area contributed by atoms with E-state index in [1.807, 2.05) is 22.6 Å². The van der Waals surface area contributed by atoms with Gasteiger partial charge in [0.15, 0.2) is 0 Å². The second kappa shape index (κ2) is 4.45. The molecule has 0 aromatic heterocycles. The zero-order valence-corrected chi connectivity index (χ0v) is 9.24. The molecule has 0 fully saturated rings. The second-order valence-corrected chi connectivity index (χ2v) is 3.44. The third-order valence-electron chi connectivity index (χ3n) is 1.47. The molecule has 0 radical (unpaired) electrons. The zero-order valence-electron chi connectivity index (χ0n) is 7.08. The molecule has 1 aromatic rings. The molecule has 0 saturated heterocycles. The molecule has 70 valence electrons. The molecule has 0 heterocycles. The molecule has 0 aliphatic carbocycles. The number of rotatable bonds is 2. The Morgan fingerprint density at radius 3 is 2.92 bits per heavy atom. The summed E-state index contributed by atoms with van der Waals surface area (Å²) in [4.78, 5) is 11.3. The van der Waals surface area contributed by atoms with Gasteiger partial charge in [-0.05, 0) is 41.6 Å². The van der Waals surface area contributed by atoms with Crippen molar-refractivity contribution < 1.29 is 14.6 Å². The molecule has 0 aliphatic rings. The monoisotopic (exact) mass is 292 g/mol. The van der Waals surface area contributed by atoms with Crippen molar-refractivity contribution in [1.82, 2.24) is 0 Å². The van der Waals surface area contributed by atoms with E-state index in [1.54, 1.807) is 19.1 Å². The van der Waals surface area contributed by atoms with E-state index >= 15 is 0 Å². The number of hydrogen-bond donors (Lipinski definition) is 1. The van der Waals surface area contributed by atoms with E-state index in [1.165, 1.54) is 6.07 Å². The third kappa shape index (κ3) is 2.33. The van der Waals surface area contributed by atoms with Crippen LogP contribution in [0.1, 0.15) is 17.3 Å². The maximum Gasteiger partial charge on any atom is 0.339 e. The number of benzene rings is 1. The van der Waals surface area contributed by atoms with Crippen LogP contribution in [0.15, 0.2) is 18.2 Å². The first kappa shape index (κ1) is 10.3. The molecule has 3 nitrogen and oxygen atoms in total. The normalized spacial score (nSPS) is 9.69. The molecule has 0 aliphatic heterocycles. The molecule has 0 atom stereocenters. The average Bonchev–Trinajstić information content (AvgIpc) is 2.10. The summed E-state index contributed by atoms with van der Waals surface area (Å²) in [6.45, 7) is 2.08. The first-order chi connectivity index (χ1) is 6.16. The fourth-order valence-corrected chi connectivity index (χ4v) is 1.47. The largest absolute Gasteiger partial charge is 0.507 e. The predicted molar refractivity (Wildman–Crippen MR) is 56.8 cm³/mol. The summed E-state index contributed by atoms with van der Waals surface area (Å²) in [6.07, 6.45) is 0. The van der Waals surface area contributed by atoms with E-state index in [0.29, 0.717) is 15.7 Å². The van der Waals surface area contributed by atoms with Gasteiger partial charge in [0, 0.05) is 0 Å². The summed E-state index contributed by atoms with van der Waals surface area (Å²) in [5.41, 5.74) is 0.405. The van der Waals surface area contributed by atoms with E-state index in [9.17, 15) is 9.90 Å². The van der Waals surface area contributed by atoms with Crippen molar-refractivity contribution >= 4 is 28.6 Å². The van der Waals surface area contributed by atoms with Crippen molar-refractivity contribution in [2.24, 2.45) is 0 Å². The van der Waals surface area contributed by atoms with Crippen LogP contribution >= 0.6 is 22.6 Å². The van der Waals surface area contributed by atoms with Crippen LogP contribution in [0.2, 0.25) is 0 Å². The van der Waals surface area contributed by atoms with Crippen molar-refractivity contribution in [2.45, 2.75) is 6.92 Å². The van der Waals surface area contributed by atoms with Crippen molar-refractivity contribution in [2.75, 3.05) is 6.61 Å². The smallest absolute Gasteiger partial charge is 0.339 e. The van der Waals surface area contributed by atoms with Gasteiger partial charge in [-0.3, -0.25) is 0 Å². The molecule has 0 amide bonds. The van der Waals surface area contributed by atoms with Gasteiger partial charge in [0.2, 0.25) is 0 Å². The van der Waals surface area contributed by atoms with Gasteiger partial charge in [0.05, 0.1) is 15.7 Å². The standard InChI is InChI=1S/C9H9IO3/c1-2-13-9(12)6-4-3-5-7(11)8(6)10/h3-5,11H,2H2,1H3. The molecule has 0 saturated carbocycles. The molecular formula is C9H9IO3. The highest BCUT2D eigenvalue weighted by molar-refractivity contribution is 14.1. The van der Waals surface area contributed by atoms with E-state index < -0.39 is 5.97 Å². The Labute approximate surface area is 89.9 Å². The van der Waals surface area contributed by atoms with E-state index in [2.05, 4.69) is 0 Å². The van der Waals surface area contributed by atoms with Crippen molar-refractivity contribution in [3.63, 3.8) is 0 Å². The Kier molecular flexibility index (Phi) is 3.53. The van der Waals surface area contributed by atoms with Crippen molar-refractivity contribution in [3.8, 4) is 5.75 Å². The summed E-state index contributed by atoms with van der Waals surface area (Å²) in [7, 11) is 0. The number of carbonyl (C=O) groups excluding carboxylic acids is 1. The summed E-state index contributed by atoms with van der Waals surface area (Å²) in [5, 5.41) is 9.30. The van der Waals surface area contributed by atoms with Crippen molar-refractivity contribution in [3.05, 3.63) is 27.3 Å². The summed E-state index contributed by atoms with van der Waals surface area (Å²) in [5.74, 6) is -0.297. The number of carbonyl (C=O) groups is 1. The van der Waals surface area contributed by atoms with Gasteiger partial charge in [0.1, 0.15) is 5.75 Å². The van der Waals surface area contributed by atoms with Crippen LogP contribution in [0, 0.1) is 3.57 Å². The third-order valence-corrected chi connectivity index (χ3v) is 2.61. The molecule has 0 unspecified atom stereocenters. The van der Waals surface area contributed by atoms with Crippen LogP contribution in [0.4, 0.5) is 0 Å². The highest BCUT2D eigenvalue weighted by Gasteiger charge is 2.12. The Morgan fingerprint density at radius 1 is 1.62 bits per heavy atom. The molecule has 13 heavy (non-hydrogen) atoms. The average molecular weight is 292 g/mol. The van der Waals surface area contributed by atoms with Gasteiger partial charge in [0.25, 0.3) is 0 Å². The van der Waals surface area contributed by atoms with Crippen molar-refractivity contribution in [1.29, 1.82) is 0 Å². The number of esters is 1. The summed E-state index contributed by atoms with van der Waals surface area (Å²) in [6, 6.07) is 4.77. The van der Waals surface area contributed by atoms with Crippen LogP contribution in [0.25, 0.3) is 0 Å². The predicted octanol–water partition coefficient (Wildman–Crippen LogP) is 2.17. The van der Waals surface area contributed by atoms with E-state index in [-0.39, 0.29) is 5.75 Å². The molecule has 0 spiro atoms. The Balaban J connectivity index is 3.01. The summed E-state index contributed by atoms with van der Waals surface area (Å²) >= 11 is 1.91. The zero-order chi connectivity index (χ0) is 9.84. The van der Waals surface area contributed by atoms with Gasteiger partial charge >= 0.3 is 5.97 Å². The number of phenols is 1. The lowest BCUT2D eigenvalue weighted by Gasteiger charge is -2.04. The number of phenolic OH excluding ortho intramolecular Hbond substituents is 1.